The lowest BCUT2D eigenvalue weighted by Gasteiger charge is -2.29. The average Bonchev–Trinajstić information content (AvgIpc) is 3.15. The molecule has 2 atom stereocenters. The first kappa shape index (κ1) is 16.5. The van der Waals surface area contributed by atoms with E-state index >= 15 is 0 Å². The van der Waals surface area contributed by atoms with Crippen LogP contribution >= 0.6 is 0 Å². The van der Waals surface area contributed by atoms with Gasteiger partial charge in [0.25, 0.3) is 0 Å². The third kappa shape index (κ3) is 4.32. The van der Waals surface area contributed by atoms with Crippen LogP contribution in [0.2, 0.25) is 0 Å². The predicted octanol–water partition coefficient (Wildman–Crippen LogP) is 1.97. The lowest BCUT2D eigenvalue weighted by Crippen LogP contribution is -2.41. The zero-order valence-corrected chi connectivity index (χ0v) is 14.2. The van der Waals surface area contributed by atoms with E-state index in [0.29, 0.717) is 18.5 Å². The molecule has 2 aliphatic rings. The second-order valence-corrected chi connectivity index (χ2v) is 6.70. The number of ether oxygens (including phenoxy) is 1. The zero-order chi connectivity index (χ0) is 16.2. The lowest BCUT2D eigenvalue weighted by atomic mass is 10.1. The maximum Gasteiger partial charge on any atom is 0.220 e. The fourth-order valence-corrected chi connectivity index (χ4v) is 3.59. The van der Waals surface area contributed by atoms with Gasteiger partial charge in [-0.25, -0.2) is 4.98 Å². The summed E-state index contributed by atoms with van der Waals surface area (Å²) in [5, 5.41) is 0. The van der Waals surface area contributed by atoms with Gasteiger partial charge >= 0.3 is 0 Å². The van der Waals surface area contributed by atoms with Crippen molar-refractivity contribution in [2.24, 2.45) is 0 Å². The molecule has 6 heteroatoms. The molecule has 6 nitrogen and oxygen atoms in total. The van der Waals surface area contributed by atoms with Crippen LogP contribution in [0.5, 0.6) is 0 Å². The number of rotatable bonds is 5. The summed E-state index contributed by atoms with van der Waals surface area (Å²) in [5.41, 5.74) is 0. The summed E-state index contributed by atoms with van der Waals surface area (Å²) in [5.74, 6) is 1.49. The van der Waals surface area contributed by atoms with Gasteiger partial charge in [0.15, 0.2) is 0 Å². The van der Waals surface area contributed by atoms with E-state index < -0.39 is 0 Å². The molecule has 0 aliphatic carbocycles. The van der Waals surface area contributed by atoms with Gasteiger partial charge in [0.2, 0.25) is 11.8 Å². The number of hydrogen-bond donors (Lipinski definition) is 0. The van der Waals surface area contributed by atoms with Gasteiger partial charge in [0, 0.05) is 39.2 Å². The molecular weight excluding hydrogens is 294 g/mol. The second kappa shape index (κ2) is 7.45. The van der Waals surface area contributed by atoms with Crippen LogP contribution in [-0.2, 0) is 16.1 Å². The Labute approximate surface area is 137 Å². The van der Waals surface area contributed by atoms with Crippen LogP contribution < -0.4 is 0 Å². The third-order valence-electron chi connectivity index (χ3n) is 4.80. The Hall–Kier alpha value is -1.40. The van der Waals surface area contributed by atoms with Crippen LogP contribution in [0.3, 0.4) is 0 Å². The topological polar surface area (TPSA) is 58.8 Å². The van der Waals surface area contributed by atoms with Crippen LogP contribution in [0.4, 0.5) is 0 Å². The number of amides is 1. The van der Waals surface area contributed by atoms with Crippen molar-refractivity contribution in [1.29, 1.82) is 0 Å². The van der Waals surface area contributed by atoms with E-state index in [1.54, 1.807) is 13.1 Å². The molecule has 0 N–H and O–H groups in total. The molecule has 1 aromatic rings. The van der Waals surface area contributed by atoms with E-state index in [1.807, 2.05) is 11.8 Å². The molecule has 2 fully saturated rings. The Balaban J connectivity index is 1.55. The second-order valence-electron chi connectivity index (χ2n) is 6.70. The Morgan fingerprint density at radius 1 is 1.43 bits per heavy atom. The van der Waals surface area contributed by atoms with Crippen LogP contribution in [0.15, 0.2) is 10.6 Å². The summed E-state index contributed by atoms with van der Waals surface area (Å²) in [7, 11) is 0. The molecule has 3 rings (SSSR count). The summed E-state index contributed by atoms with van der Waals surface area (Å²) < 4.78 is 11.4. The Morgan fingerprint density at radius 2 is 2.30 bits per heavy atom. The van der Waals surface area contributed by atoms with Gasteiger partial charge in [-0.05, 0) is 32.6 Å². The molecule has 1 amide bonds. The number of likely N-dealkylation sites (tertiary alicyclic amines) is 1. The average molecular weight is 321 g/mol. The Bertz CT molecular complexity index is 525. The SMILES string of the molecule is CC(=O)N(Cc1ncc(C)o1)[C@H]1CCN(C[C@H]2CCCCO2)C1. The number of aromatic nitrogens is 1. The van der Waals surface area contributed by atoms with Crippen molar-refractivity contribution in [1.82, 2.24) is 14.8 Å². The Kier molecular flexibility index (Phi) is 5.33. The van der Waals surface area contributed by atoms with Gasteiger partial charge < -0.3 is 14.1 Å². The highest BCUT2D eigenvalue weighted by Crippen LogP contribution is 2.21. The molecule has 128 valence electrons. The minimum Gasteiger partial charge on any atom is -0.444 e. The standard InChI is InChI=1S/C17H27N3O3/c1-13-9-18-17(23-13)12-20(14(2)21)15-6-7-19(10-15)11-16-5-3-4-8-22-16/h9,15-16H,3-8,10-12H2,1-2H3/t15-,16+/m0/s1. The van der Waals surface area contributed by atoms with Gasteiger partial charge in [0.05, 0.1) is 18.8 Å². The van der Waals surface area contributed by atoms with Gasteiger partial charge in [-0.2, -0.15) is 0 Å². The molecule has 0 bridgehead atoms. The smallest absolute Gasteiger partial charge is 0.220 e. The highest BCUT2D eigenvalue weighted by Gasteiger charge is 2.31. The van der Waals surface area contributed by atoms with Crippen LogP contribution in [0.25, 0.3) is 0 Å². The highest BCUT2D eigenvalue weighted by molar-refractivity contribution is 5.73. The van der Waals surface area contributed by atoms with E-state index in [4.69, 9.17) is 9.15 Å². The predicted molar refractivity (Wildman–Crippen MR) is 85.9 cm³/mol. The minimum atomic E-state index is 0.0848. The maximum absolute atomic E-state index is 12.1. The van der Waals surface area contributed by atoms with Crippen LogP contribution in [-0.4, -0.2) is 59.1 Å². The molecule has 0 saturated carbocycles. The van der Waals surface area contributed by atoms with Gasteiger partial charge in [-0.1, -0.05) is 0 Å². The molecule has 0 aromatic carbocycles. The number of nitrogens with zero attached hydrogens (tertiary/aromatic N) is 3. The third-order valence-corrected chi connectivity index (χ3v) is 4.80. The van der Waals surface area contributed by atoms with Crippen molar-refractivity contribution < 1.29 is 13.9 Å². The molecule has 2 aliphatic heterocycles. The molecular formula is C17H27N3O3. The number of hydrogen-bond acceptors (Lipinski definition) is 5. The van der Waals surface area contributed by atoms with Gasteiger partial charge in [-0.15, -0.1) is 0 Å². The fourth-order valence-electron chi connectivity index (χ4n) is 3.59. The number of carbonyl (C=O) groups is 1. The maximum atomic E-state index is 12.1. The van der Waals surface area contributed by atoms with E-state index in [-0.39, 0.29) is 11.9 Å². The summed E-state index contributed by atoms with van der Waals surface area (Å²) in [6, 6.07) is 0.239. The summed E-state index contributed by atoms with van der Waals surface area (Å²) in [4.78, 5) is 20.6. The summed E-state index contributed by atoms with van der Waals surface area (Å²) >= 11 is 0. The molecule has 0 unspecified atom stereocenters. The summed E-state index contributed by atoms with van der Waals surface area (Å²) in [6.07, 6.45) is 6.69. The summed E-state index contributed by atoms with van der Waals surface area (Å²) in [6.45, 7) is 7.78. The van der Waals surface area contributed by atoms with E-state index in [9.17, 15) is 4.79 Å². The van der Waals surface area contributed by atoms with Crippen LogP contribution in [0, 0.1) is 6.92 Å². The lowest BCUT2D eigenvalue weighted by molar-refractivity contribution is -0.132. The van der Waals surface area contributed by atoms with Crippen molar-refractivity contribution in [3.8, 4) is 0 Å². The normalized spacial score (nSPS) is 25.7. The van der Waals surface area contributed by atoms with E-state index in [2.05, 4.69) is 9.88 Å². The van der Waals surface area contributed by atoms with Crippen molar-refractivity contribution in [2.45, 2.75) is 58.2 Å². The molecule has 2 saturated heterocycles. The number of carbonyl (C=O) groups excluding carboxylic acids is 1. The molecule has 0 radical (unpaired) electrons. The van der Waals surface area contributed by atoms with Crippen molar-refractivity contribution in [2.75, 3.05) is 26.2 Å². The Morgan fingerprint density at radius 3 is 2.96 bits per heavy atom. The van der Waals surface area contributed by atoms with E-state index in [0.717, 1.165) is 44.8 Å². The first-order valence-electron chi connectivity index (χ1n) is 8.64. The quantitative estimate of drug-likeness (QED) is 0.830. The molecule has 0 spiro atoms. The van der Waals surface area contributed by atoms with Gasteiger partial charge in [-0.3, -0.25) is 9.69 Å². The molecule has 1 aromatic heterocycles. The van der Waals surface area contributed by atoms with E-state index in [1.165, 1.54) is 12.8 Å². The number of oxazole rings is 1. The number of aryl methyl sites for hydroxylation is 1. The zero-order valence-electron chi connectivity index (χ0n) is 14.2. The minimum absolute atomic E-state index is 0.0848. The van der Waals surface area contributed by atoms with Gasteiger partial charge in [0.1, 0.15) is 5.76 Å². The van der Waals surface area contributed by atoms with Crippen molar-refractivity contribution >= 4 is 5.91 Å². The van der Waals surface area contributed by atoms with Crippen LogP contribution in [0.1, 0.15) is 44.3 Å². The monoisotopic (exact) mass is 321 g/mol. The first-order valence-corrected chi connectivity index (χ1v) is 8.64. The van der Waals surface area contributed by atoms with Crippen molar-refractivity contribution in [3.05, 3.63) is 17.8 Å². The largest absolute Gasteiger partial charge is 0.444 e. The highest BCUT2D eigenvalue weighted by atomic mass is 16.5. The first-order chi connectivity index (χ1) is 11.1. The van der Waals surface area contributed by atoms with Crippen molar-refractivity contribution in [3.63, 3.8) is 0 Å². The molecule has 3 heterocycles. The fraction of sp³-hybridized carbons (Fsp3) is 0.765. The molecule has 23 heavy (non-hydrogen) atoms.